The number of aliphatic hydroxyl groups is 1. The zero-order valence-electron chi connectivity index (χ0n) is 10.5. The van der Waals surface area contributed by atoms with Crippen LogP contribution in [-0.2, 0) is 6.42 Å². The fourth-order valence-corrected chi connectivity index (χ4v) is 2.12. The number of hydrogen-bond donors (Lipinski definition) is 1. The molecule has 0 radical (unpaired) electrons. The Bertz CT molecular complexity index is 511. The Kier molecular flexibility index (Phi) is 3.34. The summed E-state index contributed by atoms with van der Waals surface area (Å²) < 4.78 is 5.37. The first kappa shape index (κ1) is 11.9. The van der Waals surface area contributed by atoms with Gasteiger partial charge in [-0.25, -0.2) is 0 Å². The van der Waals surface area contributed by atoms with Crippen molar-refractivity contribution in [3.63, 3.8) is 0 Å². The Morgan fingerprint density at radius 3 is 2.65 bits per heavy atom. The molecule has 0 saturated carbocycles. The lowest BCUT2D eigenvalue weighted by atomic mass is 9.94. The van der Waals surface area contributed by atoms with E-state index in [2.05, 4.69) is 13.0 Å². The number of aliphatic hydroxyl groups excluding tert-OH is 1. The molecule has 2 nitrogen and oxygen atoms in total. The van der Waals surface area contributed by atoms with Crippen molar-refractivity contribution in [1.29, 1.82) is 0 Å². The van der Waals surface area contributed by atoms with Gasteiger partial charge in [0, 0.05) is 12.0 Å². The van der Waals surface area contributed by atoms with E-state index in [1.54, 1.807) is 6.26 Å². The highest BCUT2D eigenvalue weighted by atomic mass is 16.3. The topological polar surface area (TPSA) is 33.4 Å². The third-order valence-corrected chi connectivity index (χ3v) is 3.34. The molecule has 90 valence electrons. The molecule has 0 aliphatic heterocycles. The van der Waals surface area contributed by atoms with E-state index in [4.69, 9.17) is 4.42 Å². The van der Waals surface area contributed by atoms with Crippen LogP contribution in [0.4, 0.5) is 0 Å². The summed E-state index contributed by atoms with van der Waals surface area (Å²) in [4.78, 5) is 0. The Hall–Kier alpha value is -1.54. The average Bonchev–Trinajstić information content (AvgIpc) is 2.80. The lowest BCUT2D eigenvalue weighted by molar-refractivity contribution is 0.216. The number of furan rings is 1. The van der Waals surface area contributed by atoms with Crippen LogP contribution < -0.4 is 0 Å². The summed E-state index contributed by atoms with van der Waals surface area (Å²) in [6, 6.07) is 7.86. The van der Waals surface area contributed by atoms with Gasteiger partial charge in [0.1, 0.15) is 11.9 Å². The molecule has 1 heterocycles. The Labute approximate surface area is 102 Å². The van der Waals surface area contributed by atoms with Crippen LogP contribution in [0.3, 0.4) is 0 Å². The van der Waals surface area contributed by atoms with E-state index >= 15 is 0 Å². The van der Waals surface area contributed by atoms with Crippen molar-refractivity contribution in [2.24, 2.45) is 0 Å². The van der Waals surface area contributed by atoms with Crippen molar-refractivity contribution in [2.75, 3.05) is 0 Å². The van der Waals surface area contributed by atoms with E-state index < -0.39 is 6.10 Å². The van der Waals surface area contributed by atoms with E-state index in [-0.39, 0.29) is 0 Å². The maximum absolute atomic E-state index is 10.4. The molecule has 1 atom stereocenters. The SMILES string of the molecule is CCc1occc1C(O)c1cccc(C)c1C. The summed E-state index contributed by atoms with van der Waals surface area (Å²) in [5.41, 5.74) is 4.17. The highest BCUT2D eigenvalue weighted by molar-refractivity contribution is 5.40. The van der Waals surface area contributed by atoms with E-state index in [1.807, 2.05) is 32.0 Å². The quantitative estimate of drug-likeness (QED) is 0.874. The maximum Gasteiger partial charge on any atom is 0.109 e. The molecule has 0 saturated heterocycles. The largest absolute Gasteiger partial charge is 0.469 e. The van der Waals surface area contributed by atoms with E-state index in [0.29, 0.717) is 0 Å². The fourth-order valence-electron chi connectivity index (χ4n) is 2.12. The normalized spacial score (nSPS) is 12.7. The van der Waals surface area contributed by atoms with Crippen LogP contribution in [0.25, 0.3) is 0 Å². The van der Waals surface area contributed by atoms with Crippen LogP contribution in [0.2, 0.25) is 0 Å². The van der Waals surface area contributed by atoms with Gasteiger partial charge in [0.25, 0.3) is 0 Å². The van der Waals surface area contributed by atoms with Gasteiger partial charge < -0.3 is 9.52 Å². The molecule has 2 aromatic rings. The second-order valence-corrected chi connectivity index (χ2v) is 4.34. The number of aryl methyl sites for hydroxylation is 2. The summed E-state index contributed by atoms with van der Waals surface area (Å²) in [7, 11) is 0. The van der Waals surface area contributed by atoms with Crippen molar-refractivity contribution in [3.8, 4) is 0 Å². The van der Waals surface area contributed by atoms with E-state index in [9.17, 15) is 5.11 Å². The van der Waals surface area contributed by atoms with E-state index in [0.717, 1.165) is 28.9 Å². The Morgan fingerprint density at radius 1 is 1.18 bits per heavy atom. The highest BCUT2D eigenvalue weighted by Crippen LogP contribution is 2.29. The van der Waals surface area contributed by atoms with Crippen LogP contribution in [-0.4, -0.2) is 5.11 Å². The van der Waals surface area contributed by atoms with Crippen LogP contribution in [0.1, 0.15) is 41.0 Å². The molecular formula is C15H18O2. The van der Waals surface area contributed by atoms with Crippen LogP contribution in [0, 0.1) is 13.8 Å². The van der Waals surface area contributed by atoms with Gasteiger partial charge >= 0.3 is 0 Å². The van der Waals surface area contributed by atoms with Crippen molar-refractivity contribution < 1.29 is 9.52 Å². The molecule has 0 aliphatic carbocycles. The van der Waals surface area contributed by atoms with Crippen LogP contribution in [0.5, 0.6) is 0 Å². The molecule has 1 aromatic heterocycles. The zero-order chi connectivity index (χ0) is 12.4. The average molecular weight is 230 g/mol. The molecule has 0 spiro atoms. The van der Waals surface area contributed by atoms with Crippen molar-refractivity contribution in [3.05, 3.63) is 58.5 Å². The molecular weight excluding hydrogens is 212 g/mol. The van der Waals surface area contributed by atoms with Gasteiger partial charge in [-0.1, -0.05) is 25.1 Å². The molecule has 1 aromatic carbocycles. The zero-order valence-corrected chi connectivity index (χ0v) is 10.5. The van der Waals surface area contributed by atoms with Gasteiger partial charge in [-0.2, -0.15) is 0 Å². The summed E-state index contributed by atoms with van der Waals surface area (Å²) in [6.07, 6.45) is 1.84. The molecule has 0 aliphatic rings. The highest BCUT2D eigenvalue weighted by Gasteiger charge is 2.18. The molecule has 0 fully saturated rings. The third kappa shape index (κ3) is 2.13. The minimum Gasteiger partial charge on any atom is -0.469 e. The van der Waals surface area contributed by atoms with Crippen molar-refractivity contribution in [1.82, 2.24) is 0 Å². The number of benzene rings is 1. The molecule has 2 heteroatoms. The number of hydrogen-bond acceptors (Lipinski definition) is 2. The third-order valence-electron chi connectivity index (χ3n) is 3.34. The molecule has 1 N–H and O–H groups in total. The minimum atomic E-state index is -0.594. The molecule has 0 bridgehead atoms. The second kappa shape index (κ2) is 4.76. The molecule has 0 amide bonds. The first-order valence-corrected chi connectivity index (χ1v) is 5.95. The Balaban J connectivity index is 2.44. The van der Waals surface area contributed by atoms with Crippen LogP contribution in [0.15, 0.2) is 34.9 Å². The second-order valence-electron chi connectivity index (χ2n) is 4.34. The number of rotatable bonds is 3. The molecule has 17 heavy (non-hydrogen) atoms. The monoisotopic (exact) mass is 230 g/mol. The Morgan fingerprint density at radius 2 is 1.94 bits per heavy atom. The predicted octanol–water partition coefficient (Wildman–Crippen LogP) is 3.54. The minimum absolute atomic E-state index is 0.594. The first-order chi connectivity index (χ1) is 8.15. The van der Waals surface area contributed by atoms with Gasteiger partial charge in [-0.3, -0.25) is 0 Å². The first-order valence-electron chi connectivity index (χ1n) is 5.95. The molecule has 1 unspecified atom stereocenters. The van der Waals surface area contributed by atoms with Gasteiger partial charge in [0.15, 0.2) is 0 Å². The summed E-state index contributed by atoms with van der Waals surface area (Å²) >= 11 is 0. The van der Waals surface area contributed by atoms with Gasteiger partial charge in [0.2, 0.25) is 0 Å². The fraction of sp³-hybridized carbons (Fsp3) is 0.333. The summed E-state index contributed by atoms with van der Waals surface area (Å²) in [5, 5.41) is 10.4. The molecule has 2 rings (SSSR count). The smallest absolute Gasteiger partial charge is 0.109 e. The van der Waals surface area contributed by atoms with Crippen LogP contribution >= 0.6 is 0 Å². The van der Waals surface area contributed by atoms with Gasteiger partial charge in [-0.05, 0) is 36.6 Å². The standard InChI is InChI=1S/C15H18O2/c1-4-14-13(8-9-17-14)15(16)12-7-5-6-10(2)11(12)3/h5-9,15-16H,4H2,1-3H3. The maximum atomic E-state index is 10.4. The lowest BCUT2D eigenvalue weighted by Gasteiger charge is -2.15. The summed E-state index contributed by atoms with van der Waals surface area (Å²) in [5.74, 6) is 0.860. The lowest BCUT2D eigenvalue weighted by Crippen LogP contribution is -2.04. The van der Waals surface area contributed by atoms with Crippen molar-refractivity contribution in [2.45, 2.75) is 33.3 Å². The predicted molar refractivity (Wildman–Crippen MR) is 68.1 cm³/mol. The summed E-state index contributed by atoms with van der Waals surface area (Å²) in [6.45, 7) is 6.12. The van der Waals surface area contributed by atoms with Crippen molar-refractivity contribution >= 4 is 0 Å². The van der Waals surface area contributed by atoms with E-state index in [1.165, 1.54) is 5.56 Å². The van der Waals surface area contributed by atoms with Gasteiger partial charge in [-0.15, -0.1) is 0 Å². The van der Waals surface area contributed by atoms with Gasteiger partial charge in [0.05, 0.1) is 6.26 Å².